The molecule has 0 saturated carbocycles. The van der Waals surface area contributed by atoms with E-state index in [0.717, 1.165) is 9.87 Å². The third-order valence-corrected chi connectivity index (χ3v) is 4.72. The zero-order valence-corrected chi connectivity index (χ0v) is 12.3. The minimum Gasteiger partial charge on any atom is -0.326 e. The molecule has 0 aliphatic heterocycles. The molecular formula is C14H16FN3O2S. The van der Waals surface area contributed by atoms with Gasteiger partial charge in [-0.1, -0.05) is 18.2 Å². The van der Waals surface area contributed by atoms with Crippen molar-refractivity contribution in [1.82, 2.24) is 9.29 Å². The highest BCUT2D eigenvalue weighted by Gasteiger charge is 2.22. The van der Waals surface area contributed by atoms with Crippen LogP contribution in [0.1, 0.15) is 11.1 Å². The Balaban J connectivity index is 2.21. The van der Waals surface area contributed by atoms with Crippen LogP contribution in [0.3, 0.4) is 0 Å². The van der Waals surface area contributed by atoms with E-state index >= 15 is 0 Å². The molecule has 0 fully saturated rings. The van der Waals surface area contributed by atoms with Crippen LogP contribution in [0.25, 0.3) is 0 Å². The third-order valence-electron chi connectivity index (χ3n) is 3.00. The van der Waals surface area contributed by atoms with Crippen LogP contribution in [0.5, 0.6) is 0 Å². The van der Waals surface area contributed by atoms with E-state index in [1.165, 1.54) is 31.4 Å². The van der Waals surface area contributed by atoms with Crippen LogP contribution in [-0.2, 0) is 23.1 Å². The molecule has 0 unspecified atom stereocenters. The summed E-state index contributed by atoms with van der Waals surface area (Å²) in [5, 5.41) is -0.0568. The van der Waals surface area contributed by atoms with Crippen LogP contribution in [-0.4, -0.2) is 24.8 Å². The molecule has 5 nitrogen and oxygen atoms in total. The molecular weight excluding hydrogens is 293 g/mol. The Morgan fingerprint density at radius 1 is 1.24 bits per heavy atom. The predicted octanol–water partition coefficient (Wildman–Crippen LogP) is 1.50. The van der Waals surface area contributed by atoms with Crippen molar-refractivity contribution in [3.05, 3.63) is 59.5 Å². The fourth-order valence-corrected chi connectivity index (χ4v) is 2.89. The molecule has 0 spiro atoms. The van der Waals surface area contributed by atoms with Crippen molar-refractivity contribution in [3.63, 3.8) is 0 Å². The van der Waals surface area contributed by atoms with Crippen molar-refractivity contribution < 1.29 is 12.8 Å². The Morgan fingerprint density at radius 3 is 2.57 bits per heavy atom. The van der Waals surface area contributed by atoms with Crippen LogP contribution in [0, 0.1) is 5.82 Å². The first-order valence-electron chi connectivity index (χ1n) is 6.29. The summed E-state index contributed by atoms with van der Waals surface area (Å²) in [7, 11) is -2.29. The van der Waals surface area contributed by atoms with E-state index in [1.54, 1.807) is 18.2 Å². The molecule has 1 heterocycles. The van der Waals surface area contributed by atoms with Crippen LogP contribution >= 0.6 is 0 Å². The molecule has 0 aliphatic rings. The molecule has 0 atom stereocenters. The highest BCUT2D eigenvalue weighted by molar-refractivity contribution is 7.89. The molecule has 0 bridgehead atoms. The van der Waals surface area contributed by atoms with Crippen LogP contribution in [0.4, 0.5) is 4.39 Å². The molecule has 21 heavy (non-hydrogen) atoms. The first-order valence-corrected chi connectivity index (χ1v) is 7.73. The summed E-state index contributed by atoms with van der Waals surface area (Å²) >= 11 is 0. The second-order valence-corrected chi connectivity index (χ2v) is 6.59. The minimum absolute atomic E-state index is 0.0568. The number of benzene rings is 1. The lowest BCUT2D eigenvalue weighted by Crippen LogP contribution is -2.27. The number of nitrogens with two attached hydrogens (primary N) is 1. The topological polar surface area (TPSA) is 76.3 Å². The predicted molar refractivity (Wildman–Crippen MR) is 77.2 cm³/mol. The molecule has 2 N–H and O–H groups in total. The van der Waals surface area contributed by atoms with E-state index in [1.807, 2.05) is 0 Å². The highest BCUT2D eigenvalue weighted by atomic mass is 32.2. The maximum atomic E-state index is 13.1. The summed E-state index contributed by atoms with van der Waals surface area (Å²) in [5.74, 6) is -0.399. The van der Waals surface area contributed by atoms with Crippen molar-refractivity contribution in [2.45, 2.75) is 18.1 Å². The average molecular weight is 309 g/mol. The molecule has 2 rings (SSSR count). The fourth-order valence-electron chi connectivity index (χ4n) is 1.82. The molecule has 0 aliphatic carbocycles. The van der Waals surface area contributed by atoms with Gasteiger partial charge in [-0.3, -0.25) is 0 Å². The maximum Gasteiger partial charge on any atom is 0.260 e. The zero-order chi connectivity index (χ0) is 15.5. The number of pyridine rings is 1. The Bertz CT molecular complexity index is 717. The molecule has 7 heteroatoms. The second-order valence-electron chi connectivity index (χ2n) is 4.60. The molecule has 0 radical (unpaired) electrons. The lowest BCUT2D eigenvalue weighted by atomic mass is 10.2. The van der Waals surface area contributed by atoms with Crippen molar-refractivity contribution in [1.29, 1.82) is 0 Å². The normalized spacial score (nSPS) is 11.8. The summed E-state index contributed by atoms with van der Waals surface area (Å²) in [5.41, 5.74) is 6.77. The summed E-state index contributed by atoms with van der Waals surface area (Å²) in [6.07, 6.45) is 1.43. The summed E-state index contributed by atoms with van der Waals surface area (Å²) in [4.78, 5) is 3.92. The second kappa shape index (κ2) is 6.30. The Morgan fingerprint density at radius 2 is 2.00 bits per heavy atom. The maximum absolute atomic E-state index is 13.1. The van der Waals surface area contributed by atoms with Gasteiger partial charge >= 0.3 is 0 Å². The van der Waals surface area contributed by atoms with E-state index in [-0.39, 0.29) is 11.6 Å². The van der Waals surface area contributed by atoms with Gasteiger partial charge in [-0.2, -0.15) is 4.31 Å². The summed E-state index contributed by atoms with van der Waals surface area (Å²) in [6.45, 7) is 0.368. The molecule has 0 saturated heterocycles. The monoisotopic (exact) mass is 309 g/mol. The summed E-state index contributed by atoms with van der Waals surface area (Å²) < 4.78 is 39.0. The van der Waals surface area contributed by atoms with Gasteiger partial charge in [0.15, 0.2) is 5.03 Å². The van der Waals surface area contributed by atoms with Gasteiger partial charge in [0, 0.05) is 26.3 Å². The van der Waals surface area contributed by atoms with Crippen LogP contribution < -0.4 is 5.73 Å². The number of halogens is 1. The lowest BCUT2D eigenvalue weighted by Gasteiger charge is -2.16. The van der Waals surface area contributed by atoms with E-state index in [9.17, 15) is 12.8 Å². The molecule has 1 aromatic heterocycles. The number of aromatic nitrogens is 1. The van der Waals surface area contributed by atoms with Gasteiger partial charge in [-0.25, -0.2) is 17.8 Å². The third kappa shape index (κ3) is 3.63. The Hall–Kier alpha value is -1.83. The van der Waals surface area contributed by atoms with Gasteiger partial charge in [0.1, 0.15) is 5.82 Å². The number of rotatable bonds is 5. The van der Waals surface area contributed by atoms with Crippen molar-refractivity contribution in [2.24, 2.45) is 5.73 Å². The van der Waals surface area contributed by atoms with E-state index in [0.29, 0.717) is 12.1 Å². The smallest absolute Gasteiger partial charge is 0.260 e. The minimum atomic E-state index is -3.72. The largest absolute Gasteiger partial charge is 0.326 e. The van der Waals surface area contributed by atoms with Gasteiger partial charge in [-0.15, -0.1) is 0 Å². The van der Waals surface area contributed by atoms with Gasteiger partial charge in [0.25, 0.3) is 10.0 Å². The highest BCUT2D eigenvalue weighted by Crippen LogP contribution is 2.15. The number of nitrogens with zero attached hydrogens (tertiary/aromatic N) is 2. The van der Waals surface area contributed by atoms with Gasteiger partial charge in [0.05, 0.1) is 0 Å². The lowest BCUT2D eigenvalue weighted by molar-refractivity contribution is 0.462. The van der Waals surface area contributed by atoms with Gasteiger partial charge in [-0.05, 0) is 29.3 Å². The van der Waals surface area contributed by atoms with Gasteiger partial charge in [0.2, 0.25) is 0 Å². The number of hydrogen-bond donors (Lipinski definition) is 1. The van der Waals surface area contributed by atoms with Crippen LogP contribution in [0.2, 0.25) is 0 Å². The molecule has 2 aromatic rings. The van der Waals surface area contributed by atoms with Gasteiger partial charge < -0.3 is 5.73 Å². The Kier molecular flexibility index (Phi) is 4.66. The van der Waals surface area contributed by atoms with Crippen molar-refractivity contribution in [2.75, 3.05) is 7.05 Å². The quantitative estimate of drug-likeness (QED) is 0.908. The first kappa shape index (κ1) is 15.6. The van der Waals surface area contributed by atoms with E-state index < -0.39 is 15.8 Å². The standard InChI is InChI=1S/C14H16FN3O2S/c1-18(10-11-3-2-4-13(15)7-11)21(19,20)14-6-5-12(8-16)9-17-14/h2-7,9H,8,10,16H2,1H3. The zero-order valence-electron chi connectivity index (χ0n) is 11.5. The SMILES string of the molecule is CN(Cc1cccc(F)c1)S(=O)(=O)c1ccc(CN)cn1. The van der Waals surface area contributed by atoms with E-state index in [4.69, 9.17) is 5.73 Å². The van der Waals surface area contributed by atoms with Crippen molar-refractivity contribution in [3.8, 4) is 0 Å². The van der Waals surface area contributed by atoms with Crippen LogP contribution in [0.15, 0.2) is 47.6 Å². The molecule has 112 valence electrons. The molecule has 0 amide bonds. The Labute approximate surface area is 123 Å². The summed E-state index contributed by atoms with van der Waals surface area (Å²) in [6, 6.07) is 8.86. The number of sulfonamides is 1. The van der Waals surface area contributed by atoms with Crippen molar-refractivity contribution >= 4 is 10.0 Å². The van der Waals surface area contributed by atoms with E-state index in [2.05, 4.69) is 4.98 Å². The average Bonchev–Trinajstić information content (AvgIpc) is 2.47. The molecule has 1 aromatic carbocycles. The first-order chi connectivity index (χ1) is 9.93. The fraction of sp³-hybridized carbons (Fsp3) is 0.214. The number of hydrogen-bond acceptors (Lipinski definition) is 4.